The van der Waals surface area contributed by atoms with Crippen LogP contribution in [0, 0.1) is 0 Å². The highest BCUT2D eigenvalue weighted by Crippen LogP contribution is 2.38. The zero-order chi connectivity index (χ0) is 10.9. The number of nitrogen functional groups attached to an aromatic ring is 1. The van der Waals surface area contributed by atoms with Gasteiger partial charge in [0, 0.05) is 16.0 Å². The van der Waals surface area contributed by atoms with Gasteiger partial charge in [-0.3, -0.25) is 0 Å². The number of hydrogen-bond donors (Lipinski definition) is 1. The van der Waals surface area contributed by atoms with Crippen molar-refractivity contribution in [2.45, 2.75) is 12.1 Å². The van der Waals surface area contributed by atoms with Crippen LogP contribution in [0.15, 0.2) is 16.6 Å². The predicted octanol–water partition coefficient (Wildman–Crippen LogP) is 3.79. The van der Waals surface area contributed by atoms with Gasteiger partial charge in [0.05, 0.1) is 5.56 Å². The maximum atomic E-state index is 12.5. The van der Waals surface area contributed by atoms with E-state index in [2.05, 4.69) is 15.9 Å². The second-order valence-corrected chi connectivity index (χ2v) is 3.84. The van der Waals surface area contributed by atoms with Crippen LogP contribution in [0.5, 0.6) is 0 Å². The van der Waals surface area contributed by atoms with E-state index in [1.54, 1.807) is 0 Å². The van der Waals surface area contributed by atoms with E-state index >= 15 is 0 Å². The Labute approximate surface area is 92.2 Å². The summed E-state index contributed by atoms with van der Waals surface area (Å²) in [4.78, 5) is 0. The monoisotopic (exact) mass is 287 g/mol. The molecule has 1 aromatic carbocycles. The van der Waals surface area contributed by atoms with E-state index in [4.69, 9.17) is 17.3 Å². The summed E-state index contributed by atoms with van der Waals surface area (Å²) in [6, 6.07) is 2.52. The van der Waals surface area contributed by atoms with E-state index in [0.29, 0.717) is 4.47 Å². The lowest BCUT2D eigenvalue weighted by molar-refractivity contribution is -0.137. The number of nitrogens with two attached hydrogens (primary N) is 1. The molecule has 0 radical (unpaired) electrons. The molecule has 0 aliphatic rings. The average Bonchev–Trinajstić information content (AvgIpc) is 1.99. The van der Waals surface area contributed by atoms with Crippen LogP contribution in [-0.2, 0) is 12.1 Å². The Morgan fingerprint density at radius 1 is 1.36 bits per heavy atom. The quantitative estimate of drug-likeness (QED) is 0.617. The minimum atomic E-state index is -4.46. The van der Waals surface area contributed by atoms with E-state index in [9.17, 15) is 13.2 Å². The van der Waals surface area contributed by atoms with Gasteiger partial charge in [0.2, 0.25) is 0 Å². The summed E-state index contributed by atoms with van der Waals surface area (Å²) in [5.74, 6) is -0.224. The van der Waals surface area contributed by atoms with Crippen LogP contribution < -0.4 is 5.73 Å². The highest BCUT2D eigenvalue weighted by Gasteiger charge is 2.35. The molecule has 0 spiro atoms. The lowest BCUT2D eigenvalue weighted by Gasteiger charge is -2.14. The van der Waals surface area contributed by atoms with Crippen LogP contribution >= 0.6 is 27.5 Å². The Bertz CT molecular complexity index is 351. The van der Waals surface area contributed by atoms with Crippen molar-refractivity contribution in [1.29, 1.82) is 0 Å². The van der Waals surface area contributed by atoms with Gasteiger partial charge in [-0.2, -0.15) is 13.2 Å². The molecule has 0 aliphatic heterocycles. The Morgan fingerprint density at radius 2 is 1.93 bits per heavy atom. The molecule has 0 unspecified atom stereocenters. The summed E-state index contributed by atoms with van der Waals surface area (Å²) in [6.45, 7) is 0. The van der Waals surface area contributed by atoms with E-state index in [0.717, 1.165) is 0 Å². The lowest BCUT2D eigenvalue weighted by Crippen LogP contribution is -2.12. The Hall–Kier alpha value is -0.420. The topological polar surface area (TPSA) is 26.0 Å². The van der Waals surface area contributed by atoms with Crippen molar-refractivity contribution in [1.82, 2.24) is 0 Å². The fourth-order valence-electron chi connectivity index (χ4n) is 1.14. The molecule has 2 N–H and O–H groups in total. The van der Waals surface area contributed by atoms with E-state index < -0.39 is 11.7 Å². The number of hydrogen-bond acceptors (Lipinski definition) is 1. The molecule has 0 saturated carbocycles. The van der Waals surface area contributed by atoms with Gasteiger partial charge in [-0.1, -0.05) is 15.9 Å². The molecular weight excluding hydrogens is 282 g/mol. The second-order valence-electron chi connectivity index (χ2n) is 2.66. The van der Waals surface area contributed by atoms with E-state index in [1.165, 1.54) is 12.1 Å². The van der Waals surface area contributed by atoms with Gasteiger partial charge in [0.15, 0.2) is 0 Å². The van der Waals surface area contributed by atoms with Crippen LogP contribution in [0.2, 0.25) is 0 Å². The summed E-state index contributed by atoms with van der Waals surface area (Å²) >= 11 is 8.45. The first-order valence-corrected chi connectivity index (χ1v) is 4.90. The first kappa shape index (κ1) is 11.7. The molecule has 0 aliphatic carbocycles. The fourth-order valence-corrected chi connectivity index (χ4v) is 1.87. The molecule has 0 aromatic heterocycles. The maximum Gasteiger partial charge on any atom is 0.418 e. The van der Waals surface area contributed by atoms with Crippen molar-refractivity contribution in [3.8, 4) is 0 Å². The third-order valence-electron chi connectivity index (χ3n) is 1.64. The van der Waals surface area contributed by atoms with Crippen molar-refractivity contribution in [2.24, 2.45) is 0 Å². The van der Waals surface area contributed by atoms with Crippen molar-refractivity contribution >= 4 is 33.2 Å². The normalized spacial score (nSPS) is 11.8. The Morgan fingerprint density at radius 3 is 2.36 bits per heavy atom. The standard InChI is InChI=1S/C8H6BrClF3N/c9-5-1-4(3-10)7(6(14)2-5)8(11,12)13/h1-2H,3,14H2. The Kier molecular flexibility index (Phi) is 3.32. The summed E-state index contributed by atoms with van der Waals surface area (Å²) in [6.07, 6.45) is -4.46. The number of rotatable bonds is 1. The molecule has 0 heterocycles. The highest BCUT2D eigenvalue weighted by atomic mass is 79.9. The maximum absolute atomic E-state index is 12.5. The molecule has 1 rings (SSSR count). The van der Waals surface area contributed by atoms with Gasteiger partial charge < -0.3 is 5.73 Å². The zero-order valence-electron chi connectivity index (χ0n) is 6.83. The number of alkyl halides is 4. The predicted molar refractivity (Wildman–Crippen MR) is 53.1 cm³/mol. The van der Waals surface area contributed by atoms with Crippen molar-refractivity contribution in [2.75, 3.05) is 5.73 Å². The number of anilines is 1. The SMILES string of the molecule is Nc1cc(Br)cc(CCl)c1C(F)(F)F. The fraction of sp³-hybridized carbons (Fsp3) is 0.250. The largest absolute Gasteiger partial charge is 0.418 e. The first-order chi connectivity index (χ1) is 6.36. The molecule has 1 nitrogen and oxygen atoms in total. The average molecular weight is 288 g/mol. The van der Waals surface area contributed by atoms with Gasteiger partial charge in [-0.25, -0.2) is 0 Å². The molecule has 0 bridgehead atoms. The second kappa shape index (κ2) is 3.98. The van der Waals surface area contributed by atoms with Crippen molar-refractivity contribution in [3.05, 3.63) is 27.7 Å². The molecule has 1 aromatic rings. The van der Waals surface area contributed by atoms with Gasteiger partial charge in [0.1, 0.15) is 0 Å². The highest BCUT2D eigenvalue weighted by molar-refractivity contribution is 9.10. The molecule has 0 fully saturated rings. The molecule has 0 amide bonds. The smallest absolute Gasteiger partial charge is 0.398 e. The molecule has 6 heteroatoms. The van der Waals surface area contributed by atoms with Crippen LogP contribution in [0.25, 0.3) is 0 Å². The molecule has 78 valence electrons. The van der Waals surface area contributed by atoms with Gasteiger partial charge in [-0.15, -0.1) is 11.6 Å². The number of benzene rings is 1. The summed E-state index contributed by atoms with van der Waals surface area (Å²) in [7, 11) is 0. The summed E-state index contributed by atoms with van der Waals surface area (Å²) in [5.41, 5.74) is 4.08. The van der Waals surface area contributed by atoms with Gasteiger partial charge >= 0.3 is 6.18 Å². The zero-order valence-corrected chi connectivity index (χ0v) is 9.17. The molecular formula is C8H6BrClF3N. The summed E-state index contributed by atoms with van der Waals surface area (Å²) < 4.78 is 37.9. The van der Waals surface area contributed by atoms with Crippen LogP contribution in [-0.4, -0.2) is 0 Å². The molecule has 14 heavy (non-hydrogen) atoms. The minimum absolute atomic E-state index is 0.0222. The first-order valence-electron chi connectivity index (χ1n) is 3.57. The van der Waals surface area contributed by atoms with Gasteiger partial charge in [-0.05, 0) is 17.7 Å². The molecule has 0 saturated heterocycles. The third-order valence-corrected chi connectivity index (χ3v) is 2.39. The van der Waals surface area contributed by atoms with E-state index in [-0.39, 0.29) is 17.1 Å². The van der Waals surface area contributed by atoms with Crippen molar-refractivity contribution < 1.29 is 13.2 Å². The van der Waals surface area contributed by atoms with Crippen LogP contribution in [0.1, 0.15) is 11.1 Å². The van der Waals surface area contributed by atoms with Crippen LogP contribution in [0.3, 0.4) is 0 Å². The third kappa shape index (κ3) is 2.33. The molecule has 0 atom stereocenters. The Balaban J connectivity index is 3.40. The number of halogens is 5. The van der Waals surface area contributed by atoms with Crippen LogP contribution in [0.4, 0.5) is 18.9 Å². The van der Waals surface area contributed by atoms with E-state index in [1.807, 2.05) is 0 Å². The minimum Gasteiger partial charge on any atom is -0.398 e. The lowest BCUT2D eigenvalue weighted by atomic mass is 10.1. The van der Waals surface area contributed by atoms with Crippen molar-refractivity contribution in [3.63, 3.8) is 0 Å². The summed E-state index contributed by atoms with van der Waals surface area (Å²) in [5, 5.41) is 0. The van der Waals surface area contributed by atoms with Gasteiger partial charge in [0.25, 0.3) is 0 Å².